The molecule has 0 radical (unpaired) electrons. The van der Waals surface area contributed by atoms with E-state index < -0.39 is 0 Å². The Labute approximate surface area is 128 Å². The van der Waals surface area contributed by atoms with Gasteiger partial charge >= 0.3 is 0 Å². The highest BCUT2D eigenvalue weighted by atomic mass is 15.0. The monoisotopic (exact) mass is 286 g/mol. The van der Waals surface area contributed by atoms with Gasteiger partial charge in [-0.15, -0.1) is 0 Å². The highest BCUT2D eigenvalue weighted by Crippen LogP contribution is 2.25. The Hall–Kier alpha value is -3.01. The molecule has 1 aliphatic rings. The molecule has 4 nitrogen and oxygen atoms in total. The fourth-order valence-electron chi connectivity index (χ4n) is 2.56. The van der Waals surface area contributed by atoms with Crippen LogP contribution in [0.5, 0.6) is 0 Å². The first-order valence-corrected chi connectivity index (χ1v) is 7.17. The smallest absolute Gasteiger partial charge is 0.149 e. The van der Waals surface area contributed by atoms with E-state index in [2.05, 4.69) is 50.6 Å². The SMILES string of the molecule is C1=Cc2cc(Nc3cncc(-c4ccncc4)n3)ccc2C1. The van der Waals surface area contributed by atoms with Gasteiger partial charge in [0.05, 0.1) is 18.1 Å². The molecule has 4 rings (SSSR count). The zero-order valence-corrected chi connectivity index (χ0v) is 11.9. The van der Waals surface area contributed by atoms with Crippen LogP contribution in [-0.2, 0) is 6.42 Å². The summed E-state index contributed by atoms with van der Waals surface area (Å²) in [4.78, 5) is 12.9. The molecular formula is C18H14N4. The standard InChI is InChI=1S/C18H14N4/c1-2-13-4-5-16(10-15(13)3-1)21-18-12-20-11-17(22-18)14-6-8-19-9-7-14/h1,3-12H,2H2,(H,21,22). The maximum absolute atomic E-state index is 4.61. The Kier molecular flexibility index (Phi) is 3.12. The fraction of sp³-hybridized carbons (Fsp3) is 0.0556. The van der Waals surface area contributed by atoms with Crippen LogP contribution in [0.2, 0.25) is 0 Å². The topological polar surface area (TPSA) is 50.7 Å². The molecule has 0 saturated carbocycles. The van der Waals surface area contributed by atoms with Crippen molar-refractivity contribution in [3.8, 4) is 11.3 Å². The van der Waals surface area contributed by atoms with Crippen molar-refractivity contribution in [2.75, 3.05) is 5.32 Å². The second kappa shape index (κ2) is 5.41. The van der Waals surface area contributed by atoms with Crippen molar-refractivity contribution in [3.63, 3.8) is 0 Å². The van der Waals surface area contributed by atoms with E-state index in [1.807, 2.05) is 12.1 Å². The summed E-state index contributed by atoms with van der Waals surface area (Å²) in [5.74, 6) is 0.733. The number of benzene rings is 1. The van der Waals surface area contributed by atoms with Crippen LogP contribution in [0.25, 0.3) is 17.3 Å². The second-order valence-corrected chi connectivity index (χ2v) is 5.17. The van der Waals surface area contributed by atoms with Gasteiger partial charge in [-0.1, -0.05) is 18.2 Å². The number of hydrogen-bond acceptors (Lipinski definition) is 4. The number of fused-ring (bicyclic) bond motifs is 1. The number of nitrogens with zero attached hydrogens (tertiary/aromatic N) is 3. The van der Waals surface area contributed by atoms with Gasteiger partial charge in [-0.05, 0) is 41.8 Å². The Morgan fingerprint density at radius 1 is 0.955 bits per heavy atom. The van der Waals surface area contributed by atoms with Gasteiger partial charge in [0.2, 0.25) is 0 Å². The van der Waals surface area contributed by atoms with E-state index in [0.717, 1.165) is 29.2 Å². The highest BCUT2D eigenvalue weighted by Gasteiger charge is 2.07. The minimum atomic E-state index is 0.733. The summed E-state index contributed by atoms with van der Waals surface area (Å²) in [6, 6.07) is 10.2. The van der Waals surface area contributed by atoms with Gasteiger partial charge in [0, 0.05) is 23.6 Å². The average Bonchev–Trinajstić information content (AvgIpc) is 3.04. The number of allylic oxidation sites excluding steroid dienone is 1. The van der Waals surface area contributed by atoms with Gasteiger partial charge in [-0.3, -0.25) is 9.97 Å². The molecule has 0 saturated heterocycles. The van der Waals surface area contributed by atoms with Gasteiger partial charge in [-0.25, -0.2) is 4.98 Å². The van der Waals surface area contributed by atoms with Crippen molar-refractivity contribution in [3.05, 3.63) is 72.3 Å². The molecule has 0 bridgehead atoms. The van der Waals surface area contributed by atoms with Crippen LogP contribution < -0.4 is 5.32 Å². The largest absolute Gasteiger partial charge is 0.339 e. The van der Waals surface area contributed by atoms with Gasteiger partial charge < -0.3 is 5.32 Å². The van der Waals surface area contributed by atoms with Crippen LogP contribution >= 0.6 is 0 Å². The molecule has 0 spiro atoms. The predicted molar refractivity (Wildman–Crippen MR) is 87.7 cm³/mol. The normalized spacial score (nSPS) is 12.2. The molecule has 1 N–H and O–H groups in total. The van der Waals surface area contributed by atoms with Crippen molar-refractivity contribution in [1.29, 1.82) is 0 Å². The van der Waals surface area contributed by atoms with Crippen LogP contribution in [0.1, 0.15) is 11.1 Å². The third kappa shape index (κ3) is 2.46. The number of hydrogen-bond donors (Lipinski definition) is 1. The number of aromatic nitrogens is 3. The predicted octanol–water partition coefficient (Wildman–Crippen LogP) is 3.85. The molecule has 2 aromatic heterocycles. The Bertz CT molecular complexity index is 841. The van der Waals surface area contributed by atoms with Crippen LogP contribution in [-0.4, -0.2) is 15.0 Å². The summed E-state index contributed by atoms with van der Waals surface area (Å²) < 4.78 is 0. The molecule has 0 atom stereocenters. The van der Waals surface area contributed by atoms with Gasteiger partial charge in [-0.2, -0.15) is 0 Å². The maximum atomic E-state index is 4.61. The highest BCUT2D eigenvalue weighted by molar-refractivity contribution is 5.68. The molecule has 2 heterocycles. The molecule has 3 aromatic rings. The summed E-state index contributed by atoms with van der Waals surface area (Å²) in [6.07, 6.45) is 12.3. The Morgan fingerprint density at radius 2 is 1.86 bits per heavy atom. The van der Waals surface area contributed by atoms with E-state index in [-0.39, 0.29) is 0 Å². The second-order valence-electron chi connectivity index (χ2n) is 5.17. The summed E-state index contributed by atoms with van der Waals surface area (Å²) in [5.41, 5.74) is 5.48. The maximum Gasteiger partial charge on any atom is 0.149 e. The minimum Gasteiger partial charge on any atom is -0.339 e. The average molecular weight is 286 g/mol. The lowest BCUT2D eigenvalue weighted by molar-refractivity contribution is 1.19. The van der Waals surface area contributed by atoms with E-state index >= 15 is 0 Å². The molecule has 0 fully saturated rings. The first-order valence-electron chi connectivity index (χ1n) is 7.17. The van der Waals surface area contributed by atoms with Crippen LogP contribution in [0.4, 0.5) is 11.5 Å². The lowest BCUT2D eigenvalue weighted by Gasteiger charge is -2.08. The van der Waals surface area contributed by atoms with E-state index in [0.29, 0.717) is 0 Å². The molecule has 0 aliphatic heterocycles. The molecule has 1 aliphatic carbocycles. The lowest BCUT2D eigenvalue weighted by atomic mass is 10.1. The zero-order valence-electron chi connectivity index (χ0n) is 11.9. The summed E-state index contributed by atoms with van der Waals surface area (Å²) in [6.45, 7) is 0. The zero-order chi connectivity index (χ0) is 14.8. The first-order chi connectivity index (χ1) is 10.9. The third-order valence-electron chi connectivity index (χ3n) is 3.66. The molecule has 106 valence electrons. The summed E-state index contributed by atoms with van der Waals surface area (Å²) >= 11 is 0. The van der Waals surface area contributed by atoms with Crippen LogP contribution in [0.3, 0.4) is 0 Å². The molecule has 0 amide bonds. The number of anilines is 2. The Balaban J connectivity index is 1.62. The van der Waals surface area contributed by atoms with Crippen LogP contribution in [0, 0.1) is 0 Å². The summed E-state index contributed by atoms with van der Waals surface area (Å²) in [5, 5.41) is 3.32. The van der Waals surface area contributed by atoms with E-state index in [4.69, 9.17) is 0 Å². The van der Waals surface area contributed by atoms with Crippen molar-refractivity contribution in [2.45, 2.75) is 6.42 Å². The molecule has 1 aromatic carbocycles. The number of nitrogens with one attached hydrogen (secondary N) is 1. The van der Waals surface area contributed by atoms with E-state index in [9.17, 15) is 0 Å². The first kappa shape index (κ1) is 12.7. The van der Waals surface area contributed by atoms with Gasteiger partial charge in [0.25, 0.3) is 0 Å². The van der Waals surface area contributed by atoms with Crippen molar-refractivity contribution >= 4 is 17.6 Å². The molecular weight excluding hydrogens is 272 g/mol. The van der Waals surface area contributed by atoms with Gasteiger partial charge in [0.1, 0.15) is 5.82 Å². The molecule has 22 heavy (non-hydrogen) atoms. The van der Waals surface area contributed by atoms with Crippen molar-refractivity contribution in [2.24, 2.45) is 0 Å². The third-order valence-corrected chi connectivity index (χ3v) is 3.66. The Morgan fingerprint density at radius 3 is 2.77 bits per heavy atom. The van der Waals surface area contributed by atoms with E-state index in [1.54, 1.807) is 24.8 Å². The van der Waals surface area contributed by atoms with Gasteiger partial charge in [0.15, 0.2) is 0 Å². The lowest BCUT2D eigenvalue weighted by Crippen LogP contribution is -1.97. The van der Waals surface area contributed by atoms with E-state index in [1.165, 1.54) is 11.1 Å². The quantitative estimate of drug-likeness (QED) is 0.794. The fourth-order valence-corrected chi connectivity index (χ4v) is 2.56. The van der Waals surface area contributed by atoms with Crippen LogP contribution in [0.15, 0.2) is 61.2 Å². The van der Waals surface area contributed by atoms with Crippen molar-refractivity contribution in [1.82, 2.24) is 15.0 Å². The van der Waals surface area contributed by atoms with Crippen molar-refractivity contribution < 1.29 is 0 Å². The number of pyridine rings is 1. The molecule has 4 heteroatoms. The number of rotatable bonds is 3. The summed E-state index contributed by atoms with van der Waals surface area (Å²) in [7, 11) is 0. The molecule has 0 unspecified atom stereocenters. The minimum absolute atomic E-state index is 0.733.